The Hall–Kier alpha value is -0.0600. The minimum atomic E-state index is 0.0216. The molecule has 0 fully saturated rings. The van der Waals surface area contributed by atoms with Crippen LogP contribution in [0, 0.1) is 0 Å². The van der Waals surface area contributed by atoms with Crippen molar-refractivity contribution in [1.29, 1.82) is 0 Å². The van der Waals surface area contributed by atoms with Crippen molar-refractivity contribution in [1.82, 2.24) is 0 Å². The van der Waals surface area contributed by atoms with Gasteiger partial charge in [0.05, 0.1) is 15.6 Å². The zero-order valence-electron chi connectivity index (χ0n) is 6.26. The van der Waals surface area contributed by atoms with Crippen molar-refractivity contribution in [3.8, 4) is 5.75 Å². The molecule has 0 aliphatic rings. The summed E-state index contributed by atoms with van der Waals surface area (Å²) in [6, 6.07) is 5.68. The summed E-state index contributed by atoms with van der Waals surface area (Å²) < 4.78 is 7.03. The number of rotatable bonds is 3. The van der Waals surface area contributed by atoms with Crippen LogP contribution in [0.1, 0.15) is 0 Å². The lowest BCUT2D eigenvalue weighted by Gasteiger charge is -2.07. The van der Waals surface area contributed by atoms with E-state index in [1.807, 2.05) is 18.2 Å². The number of aliphatic hydroxyl groups excluding tert-OH is 1. The third-order valence-electron chi connectivity index (χ3n) is 1.26. The third kappa shape index (κ3) is 2.47. The van der Waals surface area contributed by atoms with E-state index in [1.54, 1.807) is 0 Å². The molecule has 1 aromatic rings. The molecule has 0 aliphatic heterocycles. The van der Waals surface area contributed by atoms with Crippen molar-refractivity contribution in [3.05, 3.63) is 27.1 Å². The van der Waals surface area contributed by atoms with E-state index in [1.165, 1.54) is 0 Å². The lowest BCUT2D eigenvalue weighted by Crippen LogP contribution is -2.02. The summed E-state index contributed by atoms with van der Waals surface area (Å²) in [5, 5.41) is 8.55. The molecule has 2 nitrogen and oxygen atoms in total. The number of hydrogen-bond acceptors (Lipinski definition) is 2. The molecule has 0 atom stereocenters. The highest BCUT2D eigenvalue weighted by molar-refractivity contribution is 9.11. The molecular formula is C8H8Br2O2. The van der Waals surface area contributed by atoms with Crippen molar-refractivity contribution in [2.45, 2.75) is 0 Å². The zero-order valence-corrected chi connectivity index (χ0v) is 9.43. The maximum Gasteiger partial charge on any atom is 0.147 e. The zero-order chi connectivity index (χ0) is 8.97. The monoisotopic (exact) mass is 294 g/mol. The molecule has 0 aliphatic carbocycles. The Morgan fingerprint density at radius 1 is 1.25 bits per heavy atom. The maximum atomic E-state index is 8.55. The quantitative estimate of drug-likeness (QED) is 0.929. The molecule has 0 aromatic heterocycles. The van der Waals surface area contributed by atoms with Crippen LogP contribution in [-0.4, -0.2) is 18.3 Å². The van der Waals surface area contributed by atoms with Crippen LogP contribution in [-0.2, 0) is 0 Å². The Kier molecular flexibility index (Phi) is 4.05. The minimum Gasteiger partial charge on any atom is -0.489 e. The van der Waals surface area contributed by atoms with Crippen LogP contribution in [0.5, 0.6) is 5.75 Å². The van der Waals surface area contributed by atoms with Gasteiger partial charge in [-0.1, -0.05) is 6.07 Å². The summed E-state index contributed by atoms with van der Waals surface area (Å²) in [5.74, 6) is 0.728. The number of benzene rings is 1. The van der Waals surface area contributed by atoms with Gasteiger partial charge in [-0.05, 0) is 44.0 Å². The fraction of sp³-hybridized carbons (Fsp3) is 0.250. The predicted molar refractivity (Wildman–Crippen MR) is 54.4 cm³/mol. The summed E-state index contributed by atoms with van der Waals surface area (Å²) in [6.07, 6.45) is 0. The highest BCUT2D eigenvalue weighted by Gasteiger charge is 2.04. The summed E-state index contributed by atoms with van der Waals surface area (Å²) in [7, 11) is 0. The Labute approximate surface area is 87.8 Å². The number of aliphatic hydroxyl groups is 1. The van der Waals surface area contributed by atoms with Crippen LogP contribution in [0.4, 0.5) is 0 Å². The van der Waals surface area contributed by atoms with Crippen molar-refractivity contribution < 1.29 is 9.84 Å². The first-order valence-corrected chi connectivity index (χ1v) is 5.02. The smallest absolute Gasteiger partial charge is 0.147 e. The fourth-order valence-electron chi connectivity index (χ4n) is 0.768. The van der Waals surface area contributed by atoms with Crippen LogP contribution >= 0.6 is 31.9 Å². The van der Waals surface area contributed by atoms with Crippen molar-refractivity contribution >= 4 is 31.9 Å². The summed E-state index contributed by atoms with van der Waals surface area (Å²) in [4.78, 5) is 0. The van der Waals surface area contributed by atoms with Gasteiger partial charge < -0.3 is 9.84 Å². The average molecular weight is 296 g/mol. The van der Waals surface area contributed by atoms with Crippen molar-refractivity contribution in [3.63, 3.8) is 0 Å². The average Bonchev–Trinajstić information content (AvgIpc) is 2.04. The van der Waals surface area contributed by atoms with Crippen LogP contribution in [0.3, 0.4) is 0 Å². The fourth-order valence-corrected chi connectivity index (χ4v) is 2.00. The van der Waals surface area contributed by atoms with Crippen LogP contribution in [0.25, 0.3) is 0 Å². The normalized spacial score (nSPS) is 9.92. The second-order valence-electron chi connectivity index (χ2n) is 2.12. The molecule has 1 aromatic carbocycles. The molecule has 66 valence electrons. The summed E-state index contributed by atoms with van der Waals surface area (Å²) in [6.45, 7) is 0.328. The Morgan fingerprint density at radius 3 is 2.33 bits per heavy atom. The highest BCUT2D eigenvalue weighted by atomic mass is 79.9. The van der Waals surface area contributed by atoms with Gasteiger partial charge in [0.1, 0.15) is 12.4 Å². The molecule has 0 heterocycles. The van der Waals surface area contributed by atoms with E-state index in [9.17, 15) is 0 Å². The van der Waals surface area contributed by atoms with Crippen LogP contribution < -0.4 is 4.74 Å². The van der Waals surface area contributed by atoms with E-state index in [0.717, 1.165) is 14.7 Å². The lowest BCUT2D eigenvalue weighted by atomic mass is 10.3. The lowest BCUT2D eigenvalue weighted by molar-refractivity contribution is 0.200. The summed E-state index contributed by atoms with van der Waals surface area (Å²) >= 11 is 6.68. The molecule has 4 heteroatoms. The van der Waals surface area contributed by atoms with E-state index in [-0.39, 0.29) is 6.61 Å². The van der Waals surface area contributed by atoms with Crippen molar-refractivity contribution in [2.75, 3.05) is 13.2 Å². The first-order valence-electron chi connectivity index (χ1n) is 3.43. The molecule has 0 amide bonds. The molecule has 0 bridgehead atoms. The minimum absolute atomic E-state index is 0.0216. The maximum absolute atomic E-state index is 8.55. The van der Waals surface area contributed by atoms with Crippen molar-refractivity contribution in [2.24, 2.45) is 0 Å². The molecule has 0 saturated heterocycles. The topological polar surface area (TPSA) is 29.5 Å². The largest absolute Gasteiger partial charge is 0.489 e. The first-order chi connectivity index (χ1) is 5.75. The molecule has 12 heavy (non-hydrogen) atoms. The van der Waals surface area contributed by atoms with Crippen LogP contribution in [0.2, 0.25) is 0 Å². The first kappa shape index (κ1) is 10.0. The number of para-hydroxylation sites is 1. The van der Waals surface area contributed by atoms with E-state index in [4.69, 9.17) is 9.84 Å². The standard InChI is InChI=1S/C8H8Br2O2/c9-6-2-1-3-7(10)8(6)12-5-4-11/h1-3,11H,4-5H2. The number of halogens is 2. The van der Waals surface area contributed by atoms with E-state index in [0.29, 0.717) is 6.61 Å². The Bertz CT molecular complexity index is 243. The number of hydrogen-bond donors (Lipinski definition) is 1. The molecule has 0 saturated carbocycles. The molecule has 1 rings (SSSR count). The van der Waals surface area contributed by atoms with Crippen LogP contribution in [0.15, 0.2) is 27.1 Å². The van der Waals surface area contributed by atoms with Gasteiger partial charge in [-0.25, -0.2) is 0 Å². The second kappa shape index (κ2) is 4.84. The van der Waals surface area contributed by atoms with Gasteiger partial charge in [-0.2, -0.15) is 0 Å². The SMILES string of the molecule is OCCOc1c(Br)cccc1Br. The summed E-state index contributed by atoms with van der Waals surface area (Å²) in [5.41, 5.74) is 0. The Balaban J connectivity index is 2.81. The Morgan fingerprint density at radius 2 is 1.83 bits per heavy atom. The second-order valence-corrected chi connectivity index (χ2v) is 3.83. The van der Waals surface area contributed by atoms with E-state index < -0.39 is 0 Å². The van der Waals surface area contributed by atoms with E-state index >= 15 is 0 Å². The highest BCUT2D eigenvalue weighted by Crippen LogP contribution is 2.32. The molecule has 0 unspecified atom stereocenters. The van der Waals surface area contributed by atoms with Gasteiger partial charge in [-0.3, -0.25) is 0 Å². The van der Waals surface area contributed by atoms with E-state index in [2.05, 4.69) is 31.9 Å². The van der Waals surface area contributed by atoms with Gasteiger partial charge >= 0.3 is 0 Å². The molecule has 1 N–H and O–H groups in total. The molecule has 0 radical (unpaired) electrons. The van der Waals surface area contributed by atoms with Gasteiger partial charge in [0.15, 0.2) is 0 Å². The number of ether oxygens (including phenoxy) is 1. The van der Waals surface area contributed by atoms with Gasteiger partial charge in [-0.15, -0.1) is 0 Å². The van der Waals surface area contributed by atoms with Gasteiger partial charge in [0, 0.05) is 0 Å². The van der Waals surface area contributed by atoms with Gasteiger partial charge in [0.2, 0.25) is 0 Å². The molecule has 0 spiro atoms. The third-order valence-corrected chi connectivity index (χ3v) is 2.51. The predicted octanol–water partition coefficient (Wildman–Crippen LogP) is 2.58. The molecular weight excluding hydrogens is 288 g/mol. The van der Waals surface area contributed by atoms with Gasteiger partial charge in [0.25, 0.3) is 0 Å².